The molecule has 0 bridgehead atoms. The normalized spacial score (nSPS) is 13.5. The van der Waals surface area contributed by atoms with Gasteiger partial charge in [-0.15, -0.1) is 0 Å². The van der Waals surface area contributed by atoms with Crippen LogP contribution in [0, 0.1) is 0 Å². The van der Waals surface area contributed by atoms with Gasteiger partial charge in [-0.25, -0.2) is 4.57 Å². The third-order valence-corrected chi connectivity index (χ3v) is 8.05. The maximum absolute atomic E-state index is 12.0. The topological polar surface area (TPSA) is 59.0 Å². The summed E-state index contributed by atoms with van der Waals surface area (Å²) < 4.78 is 22.3. The summed E-state index contributed by atoms with van der Waals surface area (Å²) in [6.07, 6.45) is 27.5. The highest BCUT2D eigenvalue weighted by molar-refractivity contribution is 7.47. The zero-order valence-corrected chi connectivity index (χ0v) is 25.6. The molecule has 5 nitrogen and oxygen atoms in total. The zero-order valence-electron chi connectivity index (χ0n) is 24.7. The van der Waals surface area contributed by atoms with Crippen LogP contribution in [0.3, 0.4) is 0 Å². The molecular formula is C30H64NO4P. The summed E-state index contributed by atoms with van der Waals surface area (Å²) >= 11 is 0. The lowest BCUT2D eigenvalue weighted by atomic mass is 10.1. The number of hydrogen-bond acceptors (Lipinski definition) is 4. The van der Waals surface area contributed by atoms with Crippen LogP contribution in [0.2, 0.25) is 0 Å². The number of unbranched alkanes of at least 4 members (excludes halogenated alkanes) is 18. The van der Waals surface area contributed by atoms with E-state index in [1.54, 1.807) is 0 Å². The summed E-state index contributed by atoms with van der Waals surface area (Å²) in [6, 6.07) is 0. The fourth-order valence-electron chi connectivity index (χ4n) is 4.64. The average Bonchev–Trinajstić information content (AvgIpc) is 2.86. The molecule has 0 rings (SSSR count). The van der Waals surface area contributed by atoms with Crippen LogP contribution in [-0.2, 0) is 13.6 Å². The van der Waals surface area contributed by atoms with Crippen molar-refractivity contribution in [2.45, 2.75) is 162 Å². The third kappa shape index (κ3) is 27.1. The Kier molecular flexibility index (Phi) is 28.1. The van der Waals surface area contributed by atoms with Gasteiger partial charge in [-0.2, -0.15) is 0 Å². The largest absolute Gasteiger partial charge is 0.472 e. The average molecular weight is 534 g/mol. The first-order valence-corrected chi connectivity index (χ1v) is 17.4. The number of phosphoric ester groups is 1. The zero-order chi connectivity index (χ0) is 26.6. The maximum Gasteiger partial charge on any atom is 0.472 e. The molecule has 0 saturated carbocycles. The number of hydrogen-bond donors (Lipinski definition) is 1. The second-order valence-electron chi connectivity index (χ2n) is 10.7. The Labute approximate surface area is 226 Å². The Morgan fingerprint density at radius 3 is 1.11 bits per heavy atom. The van der Waals surface area contributed by atoms with Gasteiger partial charge in [0.2, 0.25) is 0 Å². The van der Waals surface area contributed by atoms with Gasteiger partial charge < -0.3 is 9.79 Å². The van der Waals surface area contributed by atoms with Gasteiger partial charge in [-0.1, -0.05) is 124 Å². The summed E-state index contributed by atoms with van der Waals surface area (Å²) in [5, 5.41) is 0. The molecule has 0 aliphatic rings. The lowest BCUT2D eigenvalue weighted by Crippen LogP contribution is -2.27. The molecule has 0 saturated heterocycles. The molecule has 0 aliphatic carbocycles. The molecule has 36 heavy (non-hydrogen) atoms. The lowest BCUT2D eigenvalue weighted by Gasteiger charge is -2.22. The standard InChI is InChI=1S/C30H64NO4P/c1-4-7-10-13-15-17-21-26-31(27-22-18-16-14-11-8-5-2)28-23-20-25-30-35-36(32,33)34-29-24-19-12-9-6-3/h4-30H2,1-3H3,(H,32,33). The molecule has 1 atom stereocenters. The first-order chi connectivity index (χ1) is 17.6. The molecule has 1 unspecified atom stereocenters. The fraction of sp³-hybridized carbons (Fsp3) is 1.00. The molecule has 218 valence electrons. The first kappa shape index (κ1) is 36.1. The van der Waals surface area contributed by atoms with Gasteiger partial charge in [0.25, 0.3) is 0 Å². The maximum atomic E-state index is 12.0. The molecule has 0 aliphatic heterocycles. The monoisotopic (exact) mass is 533 g/mol. The van der Waals surface area contributed by atoms with Gasteiger partial charge in [0.15, 0.2) is 0 Å². The van der Waals surface area contributed by atoms with Crippen LogP contribution in [0.4, 0.5) is 0 Å². The molecule has 6 heteroatoms. The molecular weight excluding hydrogens is 469 g/mol. The van der Waals surface area contributed by atoms with E-state index in [1.165, 1.54) is 116 Å². The molecule has 0 aromatic rings. The van der Waals surface area contributed by atoms with Crippen molar-refractivity contribution in [2.24, 2.45) is 0 Å². The molecule has 0 heterocycles. The summed E-state index contributed by atoms with van der Waals surface area (Å²) in [6.45, 7) is 10.9. The summed E-state index contributed by atoms with van der Waals surface area (Å²) in [7, 11) is -3.88. The van der Waals surface area contributed by atoms with Crippen molar-refractivity contribution in [1.82, 2.24) is 4.90 Å². The van der Waals surface area contributed by atoms with E-state index in [2.05, 4.69) is 25.7 Å². The van der Waals surface area contributed by atoms with E-state index in [1.807, 2.05) is 0 Å². The van der Waals surface area contributed by atoms with E-state index < -0.39 is 7.82 Å². The summed E-state index contributed by atoms with van der Waals surface area (Å²) in [5.41, 5.74) is 0. The predicted octanol–water partition coefficient (Wildman–Crippen LogP) is 10.1. The van der Waals surface area contributed by atoms with E-state index in [-0.39, 0.29) is 0 Å². The number of nitrogens with zero attached hydrogens (tertiary/aromatic N) is 1. The molecule has 0 aromatic carbocycles. The van der Waals surface area contributed by atoms with Crippen LogP contribution < -0.4 is 0 Å². The second-order valence-corrected chi connectivity index (χ2v) is 12.1. The summed E-state index contributed by atoms with van der Waals surface area (Å²) in [4.78, 5) is 12.5. The van der Waals surface area contributed by atoms with Gasteiger partial charge in [-0.05, 0) is 58.2 Å². The van der Waals surface area contributed by atoms with Crippen molar-refractivity contribution in [1.29, 1.82) is 0 Å². The van der Waals surface area contributed by atoms with E-state index in [0.29, 0.717) is 13.2 Å². The van der Waals surface area contributed by atoms with Crippen molar-refractivity contribution >= 4 is 7.82 Å². The van der Waals surface area contributed by atoms with Crippen LogP contribution in [0.5, 0.6) is 0 Å². The van der Waals surface area contributed by atoms with Crippen LogP contribution in [-0.4, -0.2) is 42.6 Å². The number of phosphoric acid groups is 1. The van der Waals surface area contributed by atoms with Crippen LogP contribution >= 0.6 is 7.82 Å². The van der Waals surface area contributed by atoms with Gasteiger partial charge in [-0.3, -0.25) is 9.05 Å². The molecule has 0 amide bonds. The summed E-state index contributed by atoms with van der Waals surface area (Å²) in [5.74, 6) is 0. The van der Waals surface area contributed by atoms with Crippen LogP contribution in [0.25, 0.3) is 0 Å². The minimum absolute atomic E-state index is 0.305. The van der Waals surface area contributed by atoms with Gasteiger partial charge in [0.1, 0.15) is 0 Å². The van der Waals surface area contributed by atoms with Crippen LogP contribution in [0.1, 0.15) is 162 Å². The van der Waals surface area contributed by atoms with Crippen molar-refractivity contribution in [2.75, 3.05) is 32.8 Å². The smallest absolute Gasteiger partial charge is 0.303 e. The van der Waals surface area contributed by atoms with Crippen molar-refractivity contribution in [3.05, 3.63) is 0 Å². The predicted molar refractivity (Wildman–Crippen MR) is 157 cm³/mol. The van der Waals surface area contributed by atoms with E-state index in [0.717, 1.165) is 45.1 Å². The Morgan fingerprint density at radius 1 is 0.472 bits per heavy atom. The second kappa shape index (κ2) is 28.1. The van der Waals surface area contributed by atoms with Crippen molar-refractivity contribution < 1.29 is 18.5 Å². The highest BCUT2D eigenvalue weighted by Gasteiger charge is 2.20. The van der Waals surface area contributed by atoms with E-state index in [4.69, 9.17) is 9.05 Å². The number of rotatable bonds is 30. The molecule has 0 radical (unpaired) electrons. The quantitative estimate of drug-likeness (QED) is 0.0735. The minimum atomic E-state index is -3.88. The van der Waals surface area contributed by atoms with E-state index in [9.17, 15) is 9.46 Å². The van der Waals surface area contributed by atoms with Crippen LogP contribution in [0.15, 0.2) is 0 Å². The molecule has 0 fully saturated rings. The van der Waals surface area contributed by atoms with Crippen molar-refractivity contribution in [3.63, 3.8) is 0 Å². The highest BCUT2D eigenvalue weighted by Crippen LogP contribution is 2.43. The first-order valence-electron chi connectivity index (χ1n) is 15.9. The Hall–Kier alpha value is 0.0700. The fourth-order valence-corrected chi connectivity index (χ4v) is 5.43. The SMILES string of the molecule is CCCCCCCCCN(CCCCCCCCC)CCCCCOP(=O)(O)OCCCCCCC. The van der Waals surface area contributed by atoms with Gasteiger partial charge >= 0.3 is 7.82 Å². The molecule has 1 N–H and O–H groups in total. The molecule has 0 aromatic heterocycles. The van der Waals surface area contributed by atoms with Crippen molar-refractivity contribution in [3.8, 4) is 0 Å². The minimum Gasteiger partial charge on any atom is -0.303 e. The Morgan fingerprint density at radius 2 is 0.750 bits per heavy atom. The Balaban J connectivity index is 4.00. The lowest BCUT2D eigenvalue weighted by molar-refractivity contribution is 0.144. The van der Waals surface area contributed by atoms with E-state index >= 15 is 0 Å². The Bertz CT molecular complexity index is 460. The van der Waals surface area contributed by atoms with Gasteiger partial charge in [0, 0.05) is 0 Å². The third-order valence-electron chi connectivity index (χ3n) is 7.03. The molecule has 0 spiro atoms. The van der Waals surface area contributed by atoms with Gasteiger partial charge in [0.05, 0.1) is 13.2 Å². The highest BCUT2D eigenvalue weighted by atomic mass is 31.2.